The van der Waals surface area contributed by atoms with Gasteiger partial charge in [0.05, 0.1) is 24.1 Å². The molecule has 0 aromatic carbocycles. The van der Waals surface area contributed by atoms with Crippen molar-refractivity contribution in [2.75, 3.05) is 0 Å². The van der Waals surface area contributed by atoms with Crippen LogP contribution < -0.4 is 16.4 Å². The van der Waals surface area contributed by atoms with Gasteiger partial charge in [0.2, 0.25) is 5.91 Å². The second-order valence-electron chi connectivity index (χ2n) is 3.49. The standard InChI is InChI=1S/C10H11N3O3/c1-5-7(9(11)14)8(13-10(15)12-5)6-2-3-16-4-6/h2-4,8H,1H3,(H2,11,14)(H2,12,13,15). The van der Waals surface area contributed by atoms with E-state index in [4.69, 9.17) is 10.2 Å². The van der Waals surface area contributed by atoms with Gasteiger partial charge >= 0.3 is 6.03 Å². The Bertz CT molecular complexity index is 462. The van der Waals surface area contributed by atoms with Crippen molar-refractivity contribution in [3.05, 3.63) is 35.4 Å². The number of amides is 3. The van der Waals surface area contributed by atoms with Crippen LogP contribution in [0, 0.1) is 0 Å². The zero-order chi connectivity index (χ0) is 11.7. The lowest BCUT2D eigenvalue weighted by Gasteiger charge is -2.26. The molecular weight excluding hydrogens is 210 g/mol. The molecule has 6 heteroatoms. The number of primary amides is 1. The fourth-order valence-electron chi connectivity index (χ4n) is 1.71. The number of carbonyl (C=O) groups excluding carboxylic acids is 2. The fraction of sp³-hybridized carbons (Fsp3) is 0.200. The first-order valence-electron chi connectivity index (χ1n) is 4.70. The molecule has 1 aliphatic heterocycles. The number of rotatable bonds is 2. The third-order valence-electron chi connectivity index (χ3n) is 2.41. The second kappa shape index (κ2) is 3.73. The summed E-state index contributed by atoms with van der Waals surface area (Å²) in [6.07, 6.45) is 2.93. The number of nitrogens with one attached hydrogen (secondary N) is 2. The van der Waals surface area contributed by atoms with E-state index in [0.29, 0.717) is 16.8 Å². The fourth-order valence-corrected chi connectivity index (χ4v) is 1.71. The lowest BCUT2D eigenvalue weighted by atomic mass is 9.97. The molecular formula is C10H11N3O3. The molecule has 2 heterocycles. The highest BCUT2D eigenvalue weighted by molar-refractivity contribution is 5.97. The first-order chi connectivity index (χ1) is 7.59. The molecule has 0 aliphatic carbocycles. The van der Waals surface area contributed by atoms with Crippen molar-refractivity contribution >= 4 is 11.9 Å². The largest absolute Gasteiger partial charge is 0.472 e. The molecule has 84 valence electrons. The van der Waals surface area contributed by atoms with E-state index in [0.717, 1.165) is 0 Å². The molecule has 16 heavy (non-hydrogen) atoms. The van der Waals surface area contributed by atoms with Crippen LogP contribution in [0.4, 0.5) is 4.79 Å². The van der Waals surface area contributed by atoms with E-state index in [9.17, 15) is 9.59 Å². The Kier molecular flexibility index (Phi) is 2.40. The monoisotopic (exact) mass is 221 g/mol. The summed E-state index contributed by atoms with van der Waals surface area (Å²) < 4.78 is 4.92. The van der Waals surface area contributed by atoms with Gasteiger partial charge in [-0.25, -0.2) is 4.79 Å². The summed E-state index contributed by atoms with van der Waals surface area (Å²) in [6, 6.07) is 0.755. The van der Waals surface area contributed by atoms with E-state index in [1.807, 2.05) is 0 Å². The minimum absolute atomic E-state index is 0.334. The molecule has 0 saturated heterocycles. The maximum absolute atomic E-state index is 11.3. The Balaban J connectivity index is 2.46. The predicted molar refractivity (Wildman–Crippen MR) is 55.0 cm³/mol. The van der Waals surface area contributed by atoms with Crippen LogP contribution in [-0.4, -0.2) is 11.9 Å². The molecule has 1 unspecified atom stereocenters. The van der Waals surface area contributed by atoms with Crippen molar-refractivity contribution in [3.8, 4) is 0 Å². The molecule has 0 radical (unpaired) electrons. The van der Waals surface area contributed by atoms with E-state index in [-0.39, 0.29) is 6.03 Å². The van der Waals surface area contributed by atoms with Crippen LogP contribution >= 0.6 is 0 Å². The molecule has 0 bridgehead atoms. The van der Waals surface area contributed by atoms with Crippen molar-refractivity contribution in [1.82, 2.24) is 10.6 Å². The highest BCUT2D eigenvalue weighted by atomic mass is 16.3. The highest BCUT2D eigenvalue weighted by Crippen LogP contribution is 2.26. The minimum atomic E-state index is -0.573. The van der Waals surface area contributed by atoms with Gasteiger partial charge in [-0.15, -0.1) is 0 Å². The number of hydrogen-bond donors (Lipinski definition) is 3. The van der Waals surface area contributed by atoms with Crippen LogP contribution in [0.2, 0.25) is 0 Å². The third kappa shape index (κ3) is 1.65. The smallest absolute Gasteiger partial charge is 0.319 e. The normalized spacial score (nSPS) is 20.3. The van der Waals surface area contributed by atoms with Crippen molar-refractivity contribution in [2.45, 2.75) is 13.0 Å². The maximum Gasteiger partial charge on any atom is 0.319 e. The first-order valence-corrected chi connectivity index (χ1v) is 4.70. The van der Waals surface area contributed by atoms with E-state index >= 15 is 0 Å². The lowest BCUT2D eigenvalue weighted by Crippen LogP contribution is -2.46. The minimum Gasteiger partial charge on any atom is -0.472 e. The number of urea groups is 1. The molecule has 0 saturated carbocycles. The molecule has 1 atom stereocenters. The zero-order valence-corrected chi connectivity index (χ0v) is 8.61. The summed E-state index contributed by atoms with van der Waals surface area (Å²) in [7, 11) is 0. The molecule has 1 aliphatic rings. The summed E-state index contributed by atoms with van der Waals surface area (Å²) in [4.78, 5) is 22.6. The molecule has 1 aromatic rings. The van der Waals surface area contributed by atoms with E-state index in [1.54, 1.807) is 13.0 Å². The number of nitrogens with two attached hydrogens (primary N) is 1. The third-order valence-corrected chi connectivity index (χ3v) is 2.41. The number of hydrogen-bond acceptors (Lipinski definition) is 3. The maximum atomic E-state index is 11.3. The Morgan fingerprint density at radius 2 is 2.31 bits per heavy atom. The molecule has 4 N–H and O–H groups in total. The highest BCUT2D eigenvalue weighted by Gasteiger charge is 2.30. The number of allylic oxidation sites excluding steroid dienone is 1. The van der Waals surface area contributed by atoms with Crippen LogP contribution in [0.3, 0.4) is 0 Å². The van der Waals surface area contributed by atoms with E-state index in [1.165, 1.54) is 12.5 Å². The molecule has 1 aromatic heterocycles. The van der Waals surface area contributed by atoms with Gasteiger partial charge in [0.25, 0.3) is 0 Å². The van der Waals surface area contributed by atoms with Crippen molar-refractivity contribution in [2.24, 2.45) is 5.73 Å². The average molecular weight is 221 g/mol. The molecule has 0 spiro atoms. The molecule has 2 rings (SSSR count). The molecule has 0 fully saturated rings. The SMILES string of the molecule is CC1=C(C(N)=O)C(c2ccoc2)NC(=O)N1. The van der Waals surface area contributed by atoms with Gasteiger partial charge in [-0.2, -0.15) is 0 Å². The van der Waals surface area contributed by atoms with Crippen LogP contribution in [0.25, 0.3) is 0 Å². The first kappa shape index (κ1) is 10.3. The molecule has 6 nitrogen and oxygen atoms in total. The van der Waals surface area contributed by atoms with Gasteiger partial charge in [-0.05, 0) is 13.0 Å². The van der Waals surface area contributed by atoms with Crippen molar-refractivity contribution in [1.29, 1.82) is 0 Å². The van der Waals surface area contributed by atoms with E-state index in [2.05, 4.69) is 10.6 Å². The molecule has 3 amide bonds. The van der Waals surface area contributed by atoms with Crippen LogP contribution in [0.5, 0.6) is 0 Å². The summed E-state index contributed by atoms with van der Waals surface area (Å²) in [5.74, 6) is -0.573. The quantitative estimate of drug-likeness (QED) is 0.673. The number of furan rings is 1. The second-order valence-corrected chi connectivity index (χ2v) is 3.49. The zero-order valence-electron chi connectivity index (χ0n) is 8.61. The van der Waals surface area contributed by atoms with Crippen LogP contribution in [-0.2, 0) is 4.79 Å². The topological polar surface area (TPSA) is 97.4 Å². The Labute approximate surface area is 91.5 Å². The van der Waals surface area contributed by atoms with Gasteiger partial charge < -0.3 is 20.8 Å². The summed E-state index contributed by atoms with van der Waals surface area (Å²) in [5, 5.41) is 5.11. The Hall–Kier alpha value is -2.24. The average Bonchev–Trinajstić information content (AvgIpc) is 2.67. The van der Waals surface area contributed by atoms with Crippen LogP contribution in [0.15, 0.2) is 34.3 Å². The van der Waals surface area contributed by atoms with Gasteiger partial charge in [0.15, 0.2) is 0 Å². The Morgan fingerprint density at radius 3 is 2.88 bits per heavy atom. The van der Waals surface area contributed by atoms with Gasteiger partial charge in [-0.1, -0.05) is 0 Å². The van der Waals surface area contributed by atoms with Crippen molar-refractivity contribution < 1.29 is 14.0 Å². The van der Waals surface area contributed by atoms with Gasteiger partial charge in [0, 0.05) is 11.3 Å². The van der Waals surface area contributed by atoms with Gasteiger partial charge in [-0.3, -0.25) is 4.79 Å². The summed E-state index contributed by atoms with van der Waals surface area (Å²) in [6.45, 7) is 1.63. The predicted octanol–water partition coefficient (Wildman–Crippen LogP) is 0.393. The van der Waals surface area contributed by atoms with Gasteiger partial charge in [0.1, 0.15) is 0 Å². The number of carbonyl (C=O) groups is 2. The summed E-state index contributed by atoms with van der Waals surface area (Å²) in [5.41, 5.74) is 6.76. The van der Waals surface area contributed by atoms with Crippen LogP contribution in [0.1, 0.15) is 18.5 Å². The summed E-state index contributed by atoms with van der Waals surface area (Å²) >= 11 is 0. The van der Waals surface area contributed by atoms with Crippen molar-refractivity contribution in [3.63, 3.8) is 0 Å². The Morgan fingerprint density at radius 1 is 1.56 bits per heavy atom. The lowest BCUT2D eigenvalue weighted by molar-refractivity contribution is -0.115. The van der Waals surface area contributed by atoms with E-state index < -0.39 is 11.9 Å².